The van der Waals surface area contributed by atoms with E-state index in [2.05, 4.69) is 12.1 Å². The molecule has 3 rings (SSSR count). The molecule has 128 valence electrons. The fraction of sp³-hybridized carbons (Fsp3) is 0.368. The highest BCUT2D eigenvalue weighted by Gasteiger charge is 2.30. The first-order chi connectivity index (χ1) is 11.5. The number of halogens is 1. The second-order valence-electron chi connectivity index (χ2n) is 6.45. The van der Waals surface area contributed by atoms with Crippen molar-refractivity contribution in [1.82, 2.24) is 4.31 Å². The van der Waals surface area contributed by atoms with Crippen LogP contribution in [-0.4, -0.2) is 25.8 Å². The number of rotatable bonds is 4. The molecule has 1 saturated heterocycles. The highest BCUT2D eigenvalue weighted by atomic mass is 32.2. The first kappa shape index (κ1) is 17.1. The van der Waals surface area contributed by atoms with Crippen molar-refractivity contribution in [1.29, 1.82) is 0 Å². The second-order valence-corrected chi connectivity index (χ2v) is 8.35. The lowest BCUT2D eigenvalue weighted by atomic mass is 9.91. The molecule has 2 aromatic carbocycles. The Labute approximate surface area is 143 Å². The molecular formula is C19H22FNO2S. The molecule has 0 spiro atoms. The Hall–Kier alpha value is -1.72. The van der Waals surface area contributed by atoms with Crippen molar-refractivity contribution >= 4 is 10.0 Å². The molecule has 1 aliphatic heterocycles. The summed E-state index contributed by atoms with van der Waals surface area (Å²) in [6, 6.07) is 14.2. The van der Waals surface area contributed by atoms with E-state index in [9.17, 15) is 12.8 Å². The minimum Gasteiger partial charge on any atom is -0.207 e. The van der Waals surface area contributed by atoms with E-state index in [4.69, 9.17) is 0 Å². The summed E-state index contributed by atoms with van der Waals surface area (Å²) in [5, 5.41) is 0. The van der Waals surface area contributed by atoms with Crippen LogP contribution < -0.4 is 0 Å². The number of aryl methyl sites for hydroxylation is 1. The summed E-state index contributed by atoms with van der Waals surface area (Å²) in [4.78, 5) is 0.213. The molecule has 0 N–H and O–H groups in total. The smallest absolute Gasteiger partial charge is 0.207 e. The molecule has 0 aliphatic carbocycles. The van der Waals surface area contributed by atoms with Gasteiger partial charge in [0, 0.05) is 13.1 Å². The zero-order chi connectivity index (χ0) is 17.2. The number of nitrogens with zero attached hydrogens (tertiary/aromatic N) is 1. The topological polar surface area (TPSA) is 37.4 Å². The second kappa shape index (κ2) is 7.03. The van der Waals surface area contributed by atoms with E-state index in [1.807, 2.05) is 18.2 Å². The number of hydrogen-bond donors (Lipinski definition) is 0. The van der Waals surface area contributed by atoms with Gasteiger partial charge >= 0.3 is 0 Å². The van der Waals surface area contributed by atoms with Crippen LogP contribution in [0, 0.1) is 18.7 Å². The molecule has 1 heterocycles. The predicted octanol–water partition coefficient (Wildman–Crippen LogP) is 3.78. The monoisotopic (exact) mass is 347 g/mol. The maximum absolute atomic E-state index is 13.2. The van der Waals surface area contributed by atoms with E-state index in [0.29, 0.717) is 24.6 Å². The summed E-state index contributed by atoms with van der Waals surface area (Å²) in [7, 11) is -3.54. The van der Waals surface area contributed by atoms with Crippen LogP contribution in [-0.2, 0) is 16.4 Å². The van der Waals surface area contributed by atoms with Gasteiger partial charge < -0.3 is 0 Å². The van der Waals surface area contributed by atoms with E-state index in [0.717, 1.165) is 19.3 Å². The van der Waals surface area contributed by atoms with Gasteiger partial charge in [0.25, 0.3) is 0 Å². The minimum atomic E-state index is -3.54. The summed E-state index contributed by atoms with van der Waals surface area (Å²) in [6.07, 6.45) is 2.70. The van der Waals surface area contributed by atoms with Crippen LogP contribution >= 0.6 is 0 Å². The molecular weight excluding hydrogens is 325 g/mol. The normalized spacial score (nSPS) is 17.1. The van der Waals surface area contributed by atoms with Gasteiger partial charge in [0.2, 0.25) is 10.0 Å². The summed E-state index contributed by atoms with van der Waals surface area (Å²) < 4.78 is 40.3. The Bertz CT molecular complexity index is 797. The summed E-state index contributed by atoms with van der Waals surface area (Å²) in [5.74, 6) is 0.0983. The molecule has 0 atom stereocenters. The third kappa shape index (κ3) is 3.68. The van der Waals surface area contributed by atoms with Crippen molar-refractivity contribution in [2.75, 3.05) is 13.1 Å². The molecule has 5 heteroatoms. The van der Waals surface area contributed by atoms with Crippen LogP contribution in [0.3, 0.4) is 0 Å². The number of hydrogen-bond acceptors (Lipinski definition) is 2. The van der Waals surface area contributed by atoms with Crippen LogP contribution in [0.25, 0.3) is 0 Å². The summed E-state index contributed by atoms with van der Waals surface area (Å²) in [5.41, 5.74) is 1.76. The zero-order valence-electron chi connectivity index (χ0n) is 13.8. The maximum atomic E-state index is 13.2. The van der Waals surface area contributed by atoms with Gasteiger partial charge in [0.1, 0.15) is 5.82 Å². The van der Waals surface area contributed by atoms with Crippen molar-refractivity contribution in [3.05, 3.63) is 65.5 Å². The van der Waals surface area contributed by atoms with Crippen LogP contribution in [0.4, 0.5) is 4.39 Å². The highest BCUT2D eigenvalue weighted by molar-refractivity contribution is 7.89. The predicted molar refractivity (Wildman–Crippen MR) is 92.8 cm³/mol. The fourth-order valence-corrected chi connectivity index (χ4v) is 5.02. The zero-order valence-corrected chi connectivity index (χ0v) is 14.6. The van der Waals surface area contributed by atoms with E-state index in [1.54, 1.807) is 6.92 Å². The van der Waals surface area contributed by atoms with Crippen molar-refractivity contribution in [3.8, 4) is 0 Å². The Kier molecular flexibility index (Phi) is 5.01. The first-order valence-electron chi connectivity index (χ1n) is 8.27. The minimum absolute atomic E-state index is 0.213. The molecule has 1 aliphatic rings. The van der Waals surface area contributed by atoms with Gasteiger partial charge in [0.15, 0.2) is 0 Å². The van der Waals surface area contributed by atoms with Gasteiger partial charge in [-0.25, -0.2) is 12.8 Å². The SMILES string of the molecule is Cc1cc(F)ccc1S(=O)(=O)N1CCC(Cc2ccccc2)CC1. The highest BCUT2D eigenvalue weighted by Crippen LogP contribution is 2.27. The maximum Gasteiger partial charge on any atom is 0.243 e. The lowest BCUT2D eigenvalue weighted by molar-refractivity contribution is 0.272. The van der Waals surface area contributed by atoms with Crippen molar-refractivity contribution in [3.63, 3.8) is 0 Å². The molecule has 2 aromatic rings. The van der Waals surface area contributed by atoms with E-state index >= 15 is 0 Å². The number of piperidine rings is 1. The number of benzene rings is 2. The third-order valence-electron chi connectivity index (χ3n) is 4.70. The lowest BCUT2D eigenvalue weighted by Gasteiger charge is -2.31. The first-order valence-corrected chi connectivity index (χ1v) is 9.71. The van der Waals surface area contributed by atoms with Crippen LogP contribution in [0.2, 0.25) is 0 Å². The van der Waals surface area contributed by atoms with E-state index < -0.39 is 15.8 Å². The molecule has 24 heavy (non-hydrogen) atoms. The average Bonchev–Trinajstić information content (AvgIpc) is 2.56. The van der Waals surface area contributed by atoms with Crippen LogP contribution in [0.5, 0.6) is 0 Å². The Morgan fingerprint density at radius 3 is 2.38 bits per heavy atom. The Balaban J connectivity index is 1.67. The van der Waals surface area contributed by atoms with Crippen molar-refractivity contribution in [2.24, 2.45) is 5.92 Å². The standard InChI is InChI=1S/C19H22FNO2S/c1-15-13-18(20)7-8-19(15)24(22,23)21-11-9-17(10-12-21)14-16-5-3-2-4-6-16/h2-8,13,17H,9-12,14H2,1H3. The molecule has 0 radical (unpaired) electrons. The van der Waals surface area contributed by atoms with Gasteiger partial charge in [-0.15, -0.1) is 0 Å². The molecule has 0 unspecified atom stereocenters. The van der Waals surface area contributed by atoms with Gasteiger partial charge in [-0.05, 0) is 61.4 Å². The summed E-state index contributed by atoms with van der Waals surface area (Å²) in [6.45, 7) is 2.69. The summed E-state index contributed by atoms with van der Waals surface area (Å²) >= 11 is 0. The quantitative estimate of drug-likeness (QED) is 0.844. The van der Waals surface area contributed by atoms with Crippen LogP contribution in [0.1, 0.15) is 24.0 Å². The molecule has 0 aromatic heterocycles. The lowest BCUT2D eigenvalue weighted by Crippen LogP contribution is -2.39. The largest absolute Gasteiger partial charge is 0.243 e. The molecule has 0 amide bonds. The van der Waals surface area contributed by atoms with Gasteiger partial charge in [0.05, 0.1) is 4.90 Å². The Morgan fingerprint density at radius 1 is 1.08 bits per heavy atom. The van der Waals surface area contributed by atoms with Crippen molar-refractivity contribution < 1.29 is 12.8 Å². The Morgan fingerprint density at radius 2 is 1.75 bits per heavy atom. The third-order valence-corrected chi connectivity index (χ3v) is 6.75. The average molecular weight is 347 g/mol. The van der Waals surface area contributed by atoms with Gasteiger partial charge in [-0.3, -0.25) is 0 Å². The van der Waals surface area contributed by atoms with Crippen LogP contribution in [0.15, 0.2) is 53.4 Å². The van der Waals surface area contributed by atoms with Gasteiger partial charge in [-0.2, -0.15) is 4.31 Å². The molecule has 0 bridgehead atoms. The van der Waals surface area contributed by atoms with Gasteiger partial charge in [-0.1, -0.05) is 30.3 Å². The van der Waals surface area contributed by atoms with E-state index in [-0.39, 0.29) is 4.90 Å². The number of sulfonamides is 1. The molecule has 0 saturated carbocycles. The van der Waals surface area contributed by atoms with E-state index in [1.165, 1.54) is 28.1 Å². The van der Waals surface area contributed by atoms with Crippen molar-refractivity contribution in [2.45, 2.75) is 31.1 Å². The molecule has 1 fully saturated rings. The fourth-order valence-electron chi connectivity index (χ4n) is 3.34. The molecule has 3 nitrogen and oxygen atoms in total.